The van der Waals surface area contributed by atoms with Gasteiger partial charge >= 0.3 is 0 Å². The first-order valence-electron chi connectivity index (χ1n) is 9.16. The first-order valence-corrected chi connectivity index (χ1v) is 9.16. The Morgan fingerprint density at radius 2 is 1.76 bits per heavy atom. The molecule has 0 radical (unpaired) electrons. The predicted octanol–water partition coefficient (Wildman–Crippen LogP) is 4.84. The Labute approximate surface area is 151 Å². The lowest BCUT2D eigenvalue weighted by atomic mass is 10.1. The molecule has 0 aliphatic heterocycles. The Balaban J connectivity index is 2.01. The number of hydrogen-bond acceptors (Lipinski definition) is 3. The summed E-state index contributed by atoms with van der Waals surface area (Å²) in [6.07, 6.45) is 6.72. The van der Waals surface area contributed by atoms with Gasteiger partial charge in [0.1, 0.15) is 5.76 Å². The van der Waals surface area contributed by atoms with Crippen molar-refractivity contribution in [3.05, 3.63) is 54.0 Å². The first-order chi connectivity index (χ1) is 12.1. The van der Waals surface area contributed by atoms with Crippen LogP contribution >= 0.6 is 0 Å². The van der Waals surface area contributed by atoms with Gasteiger partial charge in [0.05, 0.1) is 12.8 Å². The minimum Gasteiger partial charge on any atom is -0.467 e. The van der Waals surface area contributed by atoms with Crippen molar-refractivity contribution < 1.29 is 9.21 Å². The van der Waals surface area contributed by atoms with Crippen molar-refractivity contribution >= 4 is 11.6 Å². The lowest BCUT2D eigenvalue weighted by Crippen LogP contribution is -2.29. The second-order valence-corrected chi connectivity index (χ2v) is 6.70. The number of nitrogens with zero attached hydrogens (tertiary/aromatic N) is 2. The standard InChI is InChI=1S/C21H30N2O2/c1-4-5-6-7-10-21(24)23(17-20-9-8-15-25-20)16-18-11-13-19(14-12-18)22(2)3/h8-9,11-15H,4-7,10,16-17H2,1-3H3. The number of carbonyl (C=O) groups excluding carboxylic acids is 1. The zero-order valence-corrected chi connectivity index (χ0v) is 15.7. The first kappa shape index (κ1) is 19.1. The van der Waals surface area contributed by atoms with Crippen molar-refractivity contribution in [1.82, 2.24) is 4.90 Å². The molecule has 1 aromatic carbocycles. The van der Waals surface area contributed by atoms with Crippen molar-refractivity contribution in [2.24, 2.45) is 0 Å². The molecule has 136 valence electrons. The predicted molar refractivity (Wildman–Crippen MR) is 102 cm³/mol. The van der Waals surface area contributed by atoms with Gasteiger partial charge in [-0.25, -0.2) is 0 Å². The largest absolute Gasteiger partial charge is 0.467 e. The van der Waals surface area contributed by atoms with Gasteiger partial charge in [0, 0.05) is 32.7 Å². The molecule has 4 heteroatoms. The van der Waals surface area contributed by atoms with Crippen molar-refractivity contribution in [3.8, 4) is 0 Å². The highest BCUT2D eigenvalue weighted by Gasteiger charge is 2.15. The summed E-state index contributed by atoms with van der Waals surface area (Å²) in [4.78, 5) is 16.7. The summed E-state index contributed by atoms with van der Waals surface area (Å²) >= 11 is 0. The molecule has 0 N–H and O–H groups in total. The zero-order chi connectivity index (χ0) is 18.1. The Kier molecular flexibility index (Phi) is 7.58. The fourth-order valence-corrected chi connectivity index (χ4v) is 2.80. The molecule has 0 bridgehead atoms. The molecule has 2 aromatic rings. The number of hydrogen-bond donors (Lipinski definition) is 0. The van der Waals surface area contributed by atoms with Crippen LogP contribution in [-0.4, -0.2) is 24.9 Å². The molecular formula is C21H30N2O2. The van der Waals surface area contributed by atoms with E-state index in [1.165, 1.54) is 12.8 Å². The Bertz CT molecular complexity index is 618. The molecular weight excluding hydrogens is 312 g/mol. The van der Waals surface area contributed by atoms with Crippen LogP contribution in [0.4, 0.5) is 5.69 Å². The Morgan fingerprint density at radius 3 is 2.36 bits per heavy atom. The van der Waals surface area contributed by atoms with E-state index >= 15 is 0 Å². The Morgan fingerprint density at radius 1 is 1.00 bits per heavy atom. The van der Waals surface area contributed by atoms with Crippen LogP contribution < -0.4 is 4.90 Å². The van der Waals surface area contributed by atoms with Gasteiger partial charge in [-0.3, -0.25) is 4.79 Å². The van der Waals surface area contributed by atoms with E-state index in [0.717, 1.165) is 29.9 Å². The lowest BCUT2D eigenvalue weighted by molar-refractivity contribution is -0.132. The second-order valence-electron chi connectivity index (χ2n) is 6.70. The summed E-state index contributed by atoms with van der Waals surface area (Å²) in [6, 6.07) is 12.2. The van der Waals surface area contributed by atoms with Crippen LogP contribution in [0.1, 0.15) is 50.4 Å². The summed E-state index contributed by atoms with van der Waals surface area (Å²) < 4.78 is 5.44. The zero-order valence-electron chi connectivity index (χ0n) is 15.7. The smallest absolute Gasteiger partial charge is 0.223 e. The normalized spacial score (nSPS) is 10.7. The van der Waals surface area contributed by atoms with Crippen molar-refractivity contribution in [2.75, 3.05) is 19.0 Å². The fourth-order valence-electron chi connectivity index (χ4n) is 2.80. The van der Waals surface area contributed by atoms with Gasteiger partial charge in [-0.05, 0) is 36.2 Å². The van der Waals surface area contributed by atoms with E-state index in [4.69, 9.17) is 4.42 Å². The minimum absolute atomic E-state index is 0.198. The van der Waals surface area contributed by atoms with Gasteiger partial charge in [-0.2, -0.15) is 0 Å². The lowest BCUT2D eigenvalue weighted by Gasteiger charge is -2.22. The van der Waals surface area contributed by atoms with E-state index < -0.39 is 0 Å². The van der Waals surface area contributed by atoms with E-state index in [1.54, 1.807) is 6.26 Å². The Hall–Kier alpha value is -2.23. The molecule has 0 spiro atoms. The van der Waals surface area contributed by atoms with Crippen LogP contribution in [-0.2, 0) is 17.9 Å². The van der Waals surface area contributed by atoms with Gasteiger partial charge < -0.3 is 14.2 Å². The third kappa shape index (κ3) is 6.29. The molecule has 0 atom stereocenters. The maximum Gasteiger partial charge on any atom is 0.223 e. The molecule has 0 saturated carbocycles. The van der Waals surface area contributed by atoms with Gasteiger partial charge in [0.25, 0.3) is 0 Å². The van der Waals surface area contributed by atoms with Crippen LogP contribution in [0, 0.1) is 0 Å². The number of furan rings is 1. The fraction of sp³-hybridized carbons (Fsp3) is 0.476. The summed E-state index contributed by atoms with van der Waals surface area (Å²) in [5.41, 5.74) is 2.30. The van der Waals surface area contributed by atoms with Crippen LogP contribution in [0.25, 0.3) is 0 Å². The molecule has 1 aromatic heterocycles. The highest BCUT2D eigenvalue weighted by Crippen LogP contribution is 2.17. The summed E-state index contributed by atoms with van der Waals surface area (Å²) in [6.45, 7) is 3.32. The van der Waals surface area contributed by atoms with Crippen LogP contribution in [0.15, 0.2) is 47.1 Å². The van der Waals surface area contributed by atoms with Crippen LogP contribution in [0.2, 0.25) is 0 Å². The van der Waals surface area contributed by atoms with Gasteiger partial charge in [0.2, 0.25) is 5.91 Å². The molecule has 4 nitrogen and oxygen atoms in total. The highest BCUT2D eigenvalue weighted by atomic mass is 16.3. The molecule has 25 heavy (non-hydrogen) atoms. The summed E-state index contributed by atoms with van der Waals surface area (Å²) in [5.74, 6) is 1.02. The van der Waals surface area contributed by atoms with Gasteiger partial charge in [0.15, 0.2) is 0 Å². The summed E-state index contributed by atoms with van der Waals surface area (Å²) in [7, 11) is 4.05. The average Bonchev–Trinajstić information content (AvgIpc) is 3.11. The molecule has 0 unspecified atom stereocenters. The topological polar surface area (TPSA) is 36.7 Å². The van der Waals surface area contributed by atoms with Crippen molar-refractivity contribution in [3.63, 3.8) is 0 Å². The monoisotopic (exact) mass is 342 g/mol. The van der Waals surface area contributed by atoms with Crippen molar-refractivity contribution in [1.29, 1.82) is 0 Å². The molecule has 2 rings (SSSR count). The third-order valence-corrected chi connectivity index (χ3v) is 4.35. The van der Waals surface area contributed by atoms with E-state index in [0.29, 0.717) is 19.5 Å². The maximum absolute atomic E-state index is 12.7. The van der Waals surface area contributed by atoms with Crippen LogP contribution in [0.5, 0.6) is 0 Å². The SMILES string of the molecule is CCCCCCC(=O)N(Cc1ccc(N(C)C)cc1)Cc1ccco1. The van der Waals surface area contributed by atoms with E-state index in [9.17, 15) is 4.79 Å². The minimum atomic E-state index is 0.198. The summed E-state index contributed by atoms with van der Waals surface area (Å²) in [5, 5.41) is 0. The van der Waals surface area contributed by atoms with Gasteiger partial charge in [-0.1, -0.05) is 38.3 Å². The van der Waals surface area contributed by atoms with E-state index in [1.807, 2.05) is 31.1 Å². The van der Waals surface area contributed by atoms with Crippen LogP contribution in [0.3, 0.4) is 0 Å². The molecule has 0 fully saturated rings. The van der Waals surface area contributed by atoms with E-state index in [-0.39, 0.29) is 5.91 Å². The number of unbranched alkanes of at least 4 members (excludes halogenated alkanes) is 3. The van der Waals surface area contributed by atoms with E-state index in [2.05, 4.69) is 36.1 Å². The number of carbonyl (C=O) groups is 1. The third-order valence-electron chi connectivity index (χ3n) is 4.35. The average molecular weight is 342 g/mol. The molecule has 1 heterocycles. The molecule has 0 saturated heterocycles. The highest BCUT2D eigenvalue weighted by molar-refractivity contribution is 5.76. The molecule has 1 amide bonds. The van der Waals surface area contributed by atoms with Crippen molar-refractivity contribution in [2.45, 2.75) is 52.1 Å². The maximum atomic E-state index is 12.7. The second kappa shape index (κ2) is 9.92. The number of amides is 1. The molecule has 0 aliphatic carbocycles. The quantitative estimate of drug-likeness (QED) is 0.579. The number of benzene rings is 1. The van der Waals surface area contributed by atoms with Gasteiger partial charge in [-0.15, -0.1) is 0 Å². The number of rotatable bonds is 10. The molecule has 0 aliphatic rings. The number of anilines is 1.